The number of nitrogens with one attached hydrogen (secondary N) is 1. The van der Waals surface area contributed by atoms with Gasteiger partial charge in [0.1, 0.15) is 22.8 Å². The highest BCUT2D eigenvalue weighted by Gasteiger charge is 2.25. The average Bonchev–Trinajstić information content (AvgIpc) is 3.20. The number of halogens is 2. The van der Waals surface area contributed by atoms with E-state index in [-0.39, 0.29) is 16.8 Å². The molecule has 2 amide bonds. The van der Waals surface area contributed by atoms with Crippen LogP contribution >= 0.6 is 22.9 Å². The fourth-order valence-corrected chi connectivity index (χ4v) is 5.18. The van der Waals surface area contributed by atoms with Crippen molar-refractivity contribution in [2.75, 3.05) is 46.1 Å². The first-order chi connectivity index (χ1) is 16.7. The zero-order chi connectivity index (χ0) is 25.1. The van der Waals surface area contributed by atoms with E-state index in [0.29, 0.717) is 44.1 Å². The van der Waals surface area contributed by atoms with Crippen molar-refractivity contribution in [3.63, 3.8) is 0 Å². The molecular formula is C24H26ClFN6O2S. The number of likely N-dealkylation sites (N-methyl/N-ethyl adjacent to an activating group) is 2. The van der Waals surface area contributed by atoms with Crippen molar-refractivity contribution >= 4 is 56.5 Å². The van der Waals surface area contributed by atoms with Gasteiger partial charge < -0.3 is 15.1 Å². The van der Waals surface area contributed by atoms with E-state index in [1.54, 1.807) is 53.5 Å². The smallest absolute Gasteiger partial charge is 0.246 e. The Hall–Kier alpha value is -3.08. The van der Waals surface area contributed by atoms with Crippen LogP contribution in [0.15, 0.2) is 36.7 Å². The summed E-state index contributed by atoms with van der Waals surface area (Å²) >= 11 is 7.46. The van der Waals surface area contributed by atoms with Gasteiger partial charge in [-0.05, 0) is 37.2 Å². The molecule has 0 saturated carbocycles. The highest BCUT2D eigenvalue weighted by atomic mass is 35.5. The zero-order valence-electron chi connectivity index (χ0n) is 19.7. The fourth-order valence-electron chi connectivity index (χ4n) is 3.80. The van der Waals surface area contributed by atoms with Crippen molar-refractivity contribution in [3.8, 4) is 0 Å². The van der Waals surface area contributed by atoms with E-state index in [9.17, 15) is 14.0 Å². The van der Waals surface area contributed by atoms with Crippen LogP contribution in [-0.2, 0) is 22.6 Å². The van der Waals surface area contributed by atoms with Gasteiger partial charge in [-0.2, -0.15) is 0 Å². The van der Waals surface area contributed by atoms with E-state index in [1.807, 2.05) is 11.9 Å². The molecule has 1 aromatic carbocycles. The lowest BCUT2D eigenvalue weighted by Crippen LogP contribution is -2.35. The number of hydrogen-bond donors (Lipinski definition) is 1. The first-order valence-corrected chi connectivity index (χ1v) is 12.2. The number of benzene rings is 1. The lowest BCUT2D eigenvalue weighted by Gasteiger charge is -2.26. The second-order valence-corrected chi connectivity index (χ2v) is 10.0. The second kappa shape index (κ2) is 10.7. The number of amides is 2. The number of nitrogens with zero attached hydrogens (tertiary/aromatic N) is 5. The van der Waals surface area contributed by atoms with Crippen LogP contribution in [0.3, 0.4) is 0 Å². The minimum atomic E-state index is -0.481. The van der Waals surface area contributed by atoms with E-state index in [1.165, 1.54) is 18.5 Å². The monoisotopic (exact) mass is 516 g/mol. The number of rotatable bonds is 7. The van der Waals surface area contributed by atoms with E-state index >= 15 is 0 Å². The van der Waals surface area contributed by atoms with E-state index in [4.69, 9.17) is 11.6 Å². The number of anilines is 2. The SMILES string of the molecule is CN(C/C=C/C(=O)N1CCc2c(sc3ncnc(Nc4ccc(F)c(Cl)c4)c23)C1)CC(=O)N(C)C. The first kappa shape index (κ1) is 25.0. The Morgan fingerprint density at radius 3 is 2.83 bits per heavy atom. The van der Waals surface area contributed by atoms with Gasteiger partial charge in [-0.25, -0.2) is 14.4 Å². The van der Waals surface area contributed by atoms with Crippen molar-refractivity contribution in [3.05, 3.63) is 58.0 Å². The van der Waals surface area contributed by atoms with Crippen LogP contribution < -0.4 is 5.32 Å². The molecule has 0 fully saturated rings. The van der Waals surface area contributed by atoms with Gasteiger partial charge in [-0.1, -0.05) is 17.7 Å². The van der Waals surface area contributed by atoms with Crippen LogP contribution in [0, 0.1) is 5.82 Å². The standard InChI is InChI=1S/C24H26ClFN6O2S/c1-30(2)21(34)13-31(3)9-4-5-20(33)32-10-8-16-19(12-32)35-24-22(16)23(27-14-28-24)29-15-6-7-18(26)17(25)11-15/h4-7,11,14H,8-10,12-13H2,1-3H3,(H,27,28,29)/b5-4+. The summed E-state index contributed by atoms with van der Waals surface area (Å²) in [5.41, 5.74) is 1.75. The molecule has 0 saturated heterocycles. The van der Waals surface area contributed by atoms with Crippen molar-refractivity contribution in [2.45, 2.75) is 13.0 Å². The maximum absolute atomic E-state index is 13.5. The molecule has 11 heteroatoms. The molecule has 1 N–H and O–H groups in total. The van der Waals surface area contributed by atoms with E-state index < -0.39 is 5.82 Å². The predicted molar refractivity (Wildman–Crippen MR) is 137 cm³/mol. The fraction of sp³-hybridized carbons (Fsp3) is 0.333. The first-order valence-electron chi connectivity index (χ1n) is 11.0. The van der Waals surface area contributed by atoms with Crippen molar-refractivity contribution in [1.82, 2.24) is 24.7 Å². The zero-order valence-corrected chi connectivity index (χ0v) is 21.3. The number of hydrogen-bond acceptors (Lipinski definition) is 7. The summed E-state index contributed by atoms with van der Waals surface area (Å²) in [5, 5.41) is 4.18. The minimum absolute atomic E-state index is 0.0139. The summed E-state index contributed by atoms with van der Waals surface area (Å²) in [4.78, 5) is 40.5. The molecule has 0 atom stereocenters. The Kier molecular flexibility index (Phi) is 7.63. The quantitative estimate of drug-likeness (QED) is 0.482. The Morgan fingerprint density at radius 2 is 2.09 bits per heavy atom. The van der Waals surface area contributed by atoms with Crippen LogP contribution in [0.5, 0.6) is 0 Å². The third-order valence-electron chi connectivity index (χ3n) is 5.71. The summed E-state index contributed by atoms with van der Waals surface area (Å²) < 4.78 is 13.5. The van der Waals surface area contributed by atoms with Gasteiger partial charge in [-0.15, -0.1) is 11.3 Å². The van der Waals surface area contributed by atoms with E-state index in [2.05, 4.69) is 15.3 Å². The number of fused-ring (bicyclic) bond motifs is 3. The largest absolute Gasteiger partial charge is 0.348 e. The van der Waals surface area contributed by atoms with Gasteiger partial charge in [-0.3, -0.25) is 14.5 Å². The molecule has 3 heterocycles. The van der Waals surface area contributed by atoms with Gasteiger partial charge >= 0.3 is 0 Å². The van der Waals surface area contributed by atoms with Crippen molar-refractivity contribution in [1.29, 1.82) is 0 Å². The molecule has 2 aromatic heterocycles. The van der Waals surface area contributed by atoms with Crippen LogP contribution in [0.25, 0.3) is 10.2 Å². The van der Waals surface area contributed by atoms with Crippen molar-refractivity contribution < 1.29 is 14.0 Å². The molecule has 0 spiro atoms. The highest BCUT2D eigenvalue weighted by Crippen LogP contribution is 2.38. The summed E-state index contributed by atoms with van der Waals surface area (Å²) in [6.45, 7) is 1.87. The molecule has 0 bridgehead atoms. The number of carbonyl (C=O) groups is 2. The van der Waals surface area contributed by atoms with Gasteiger partial charge in [0.05, 0.1) is 23.5 Å². The van der Waals surface area contributed by atoms with Crippen LogP contribution in [-0.4, -0.2) is 77.3 Å². The number of carbonyl (C=O) groups excluding carboxylic acids is 2. The molecule has 35 heavy (non-hydrogen) atoms. The van der Waals surface area contributed by atoms with Gasteiger partial charge in [0, 0.05) is 43.8 Å². The Bertz CT molecular complexity index is 1290. The third kappa shape index (κ3) is 5.77. The second-order valence-electron chi connectivity index (χ2n) is 8.56. The Labute approximate surface area is 212 Å². The van der Waals surface area contributed by atoms with Gasteiger partial charge in [0.25, 0.3) is 0 Å². The topological polar surface area (TPSA) is 81.7 Å². The highest BCUT2D eigenvalue weighted by molar-refractivity contribution is 7.19. The predicted octanol–water partition coefficient (Wildman–Crippen LogP) is 3.69. The van der Waals surface area contributed by atoms with Gasteiger partial charge in [0.2, 0.25) is 11.8 Å². The molecule has 8 nitrogen and oxygen atoms in total. The molecule has 4 rings (SSSR count). The average molecular weight is 517 g/mol. The van der Waals surface area contributed by atoms with Crippen LogP contribution in [0.1, 0.15) is 10.4 Å². The van der Waals surface area contributed by atoms with E-state index in [0.717, 1.165) is 20.7 Å². The maximum atomic E-state index is 13.5. The molecule has 184 valence electrons. The molecule has 1 aliphatic heterocycles. The maximum Gasteiger partial charge on any atom is 0.246 e. The molecule has 1 aliphatic rings. The van der Waals surface area contributed by atoms with Crippen molar-refractivity contribution in [2.24, 2.45) is 0 Å². The van der Waals surface area contributed by atoms with Gasteiger partial charge in [0.15, 0.2) is 0 Å². The number of thiophene rings is 1. The van der Waals surface area contributed by atoms with Crippen LogP contribution in [0.2, 0.25) is 5.02 Å². The third-order valence-corrected chi connectivity index (χ3v) is 7.13. The summed E-state index contributed by atoms with van der Waals surface area (Å²) in [5.74, 6) is 0.0986. The lowest BCUT2D eigenvalue weighted by molar-refractivity contribution is -0.129. The summed E-state index contributed by atoms with van der Waals surface area (Å²) in [7, 11) is 5.28. The summed E-state index contributed by atoms with van der Waals surface area (Å²) in [6, 6.07) is 4.43. The number of aromatic nitrogens is 2. The summed E-state index contributed by atoms with van der Waals surface area (Å²) in [6.07, 6.45) is 5.52. The molecular weight excluding hydrogens is 491 g/mol. The minimum Gasteiger partial charge on any atom is -0.348 e. The van der Waals surface area contributed by atoms with Crippen LogP contribution in [0.4, 0.5) is 15.9 Å². The molecule has 0 radical (unpaired) electrons. The molecule has 3 aromatic rings. The molecule has 0 unspecified atom stereocenters. The normalized spacial score (nSPS) is 13.5. The lowest BCUT2D eigenvalue weighted by atomic mass is 10.0. The Balaban J connectivity index is 1.45. The Morgan fingerprint density at radius 1 is 1.29 bits per heavy atom. The molecule has 0 aliphatic carbocycles.